The molecule has 1 rings (SSSR count). The maximum Gasteiger partial charge on any atom is 0.123 e. The van der Waals surface area contributed by atoms with E-state index in [1.165, 1.54) is 12.1 Å². The van der Waals surface area contributed by atoms with Gasteiger partial charge in [-0.05, 0) is 24.2 Å². The van der Waals surface area contributed by atoms with E-state index in [1.54, 1.807) is 12.1 Å². The van der Waals surface area contributed by atoms with Crippen LogP contribution in [0.5, 0.6) is 0 Å². The molecule has 0 aromatic heterocycles. The molecule has 0 bridgehead atoms. The first-order chi connectivity index (χ1) is 4.83. The predicted octanol–water partition coefficient (Wildman–Crippen LogP) is 1.34. The smallest absolute Gasteiger partial charge is 0.123 e. The van der Waals surface area contributed by atoms with Gasteiger partial charge in [0.2, 0.25) is 0 Å². The zero-order valence-electron chi connectivity index (χ0n) is 5.55. The fourth-order valence-corrected chi connectivity index (χ4v) is 0.735. The number of nitrogens with two attached hydrogens (primary N) is 1. The Hall–Kier alpha value is -0.890. The van der Waals surface area contributed by atoms with Crippen LogP contribution in [0, 0.1) is 12.2 Å². The molecule has 1 nitrogen and oxygen atoms in total. The first-order valence-corrected chi connectivity index (χ1v) is 3.12. The van der Waals surface area contributed by atoms with E-state index in [4.69, 9.17) is 5.73 Å². The molecule has 0 saturated carbocycles. The van der Waals surface area contributed by atoms with E-state index in [0.717, 1.165) is 5.56 Å². The Morgan fingerprint density at radius 2 is 1.90 bits per heavy atom. The van der Waals surface area contributed by atoms with Crippen molar-refractivity contribution in [1.29, 1.82) is 0 Å². The highest BCUT2D eigenvalue weighted by atomic mass is 19.1. The summed E-state index contributed by atoms with van der Waals surface area (Å²) >= 11 is 0. The third-order valence-electron chi connectivity index (χ3n) is 1.22. The van der Waals surface area contributed by atoms with Gasteiger partial charge in [-0.25, -0.2) is 4.39 Å². The topological polar surface area (TPSA) is 26.0 Å². The van der Waals surface area contributed by atoms with Crippen molar-refractivity contribution in [3.05, 3.63) is 42.1 Å². The van der Waals surface area contributed by atoms with Crippen LogP contribution in [0.1, 0.15) is 5.56 Å². The van der Waals surface area contributed by atoms with Crippen molar-refractivity contribution in [1.82, 2.24) is 0 Å². The van der Waals surface area contributed by atoms with E-state index in [9.17, 15) is 4.39 Å². The normalized spacial score (nSPS) is 9.80. The van der Waals surface area contributed by atoms with Gasteiger partial charge in [-0.15, -0.1) is 0 Å². The largest absolute Gasteiger partial charge is 0.330 e. The number of hydrogen-bond donors (Lipinski definition) is 1. The summed E-state index contributed by atoms with van der Waals surface area (Å²) in [5.41, 5.74) is 6.21. The van der Waals surface area contributed by atoms with Crippen LogP contribution in [0.15, 0.2) is 24.3 Å². The summed E-state index contributed by atoms with van der Waals surface area (Å²) in [6, 6.07) is 6.23. The zero-order chi connectivity index (χ0) is 7.40. The second-order valence-electron chi connectivity index (χ2n) is 1.99. The zero-order valence-corrected chi connectivity index (χ0v) is 5.55. The predicted molar refractivity (Wildman–Crippen MR) is 38.9 cm³/mol. The molecule has 2 N–H and O–H groups in total. The lowest BCUT2D eigenvalue weighted by molar-refractivity contribution is 0.627. The number of rotatable bonds is 2. The van der Waals surface area contributed by atoms with Crippen molar-refractivity contribution >= 4 is 0 Å². The molecule has 2 heteroatoms. The van der Waals surface area contributed by atoms with Crippen molar-refractivity contribution in [2.24, 2.45) is 5.73 Å². The molecule has 0 heterocycles. The van der Waals surface area contributed by atoms with Gasteiger partial charge >= 0.3 is 0 Å². The molecule has 0 aliphatic rings. The highest BCUT2D eigenvalue weighted by Crippen LogP contribution is 2.03. The molecule has 1 aromatic rings. The van der Waals surface area contributed by atoms with Crippen LogP contribution in [0.25, 0.3) is 0 Å². The lowest BCUT2D eigenvalue weighted by Crippen LogP contribution is -1.99. The van der Waals surface area contributed by atoms with Crippen LogP contribution in [0.3, 0.4) is 0 Å². The summed E-state index contributed by atoms with van der Waals surface area (Å²) in [7, 11) is 0. The van der Waals surface area contributed by atoms with E-state index in [2.05, 4.69) is 0 Å². The van der Waals surface area contributed by atoms with Crippen molar-refractivity contribution in [3.63, 3.8) is 0 Å². The molecule has 1 aromatic carbocycles. The third-order valence-corrected chi connectivity index (χ3v) is 1.22. The Morgan fingerprint density at radius 3 is 2.40 bits per heavy atom. The summed E-state index contributed by atoms with van der Waals surface area (Å²) in [4.78, 5) is 0. The maximum absolute atomic E-state index is 12.3. The second kappa shape index (κ2) is 3.32. The highest BCUT2D eigenvalue weighted by Gasteiger charge is 1.90. The molecule has 0 saturated heterocycles. The molecule has 0 aliphatic carbocycles. The molecular weight excluding hydrogens is 129 g/mol. The monoisotopic (exact) mass is 138 g/mol. The van der Waals surface area contributed by atoms with Gasteiger partial charge in [-0.1, -0.05) is 12.1 Å². The van der Waals surface area contributed by atoms with Gasteiger partial charge in [0.15, 0.2) is 0 Å². The van der Waals surface area contributed by atoms with Crippen molar-refractivity contribution in [3.8, 4) is 0 Å². The lowest BCUT2D eigenvalue weighted by Gasteiger charge is -1.95. The summed E-state index contributed by atoms with van der Waals surface area (Å²) < 4.78 is 12.3. The first-order valence-electron chi connectivity index (χ1n) is 3.12. The maximum atomic E-state index is 12.3. The minimum absolute atomic E-state index is 0.214. The Labute approximate surface area is 59.7 Å². The molecule has 0 fully saturated rings. The summed E-state index contributed by atoms with van der Waals surface area (Å²) in [6.07, 6.45) is 1.83. The summed E-state index contributed by atoms with van der Waals surface area (Å²) in [6.45, 7) is 0.492. The fraction of sp³-hybridized carbons (Fsp3) is 0.125. The van der Waals surface area contributed by atoms with Gasteiger partial charge in [0.05, 0.1) is 0 Å². The van der Waals surface area contributed by atoms with Crippen LogP contribution < -0.4 is 5.73 Å². The Morgan fingerprint density at radius 1 is 1.30 bits per heavy atom. The van der Waals surface area contributed by atoms with E-state index < -0.39 is 0 Å². The second-order valence-corrected chi connectivity index (χ2v) is 1.99. The van der Waals surface area contributed by atoms with Gasteiger partial charge in [0.25, 0.3) is 0 Å². The summed E-state index contributed by atoms with van der Waals surface area (Å²) in [5.74, 6) is -0.214. The third kappa shape index (κ3) is 1.81. The minimum atomic E-state index is -0.214. The molecule has 0 aliphatic heterocycles. The molecule has 10 heavy (non-hydrogen) atoms. The van der Waals surface area contributed by atoms with Crippen LogP contribution in [-0.2, 0) is 0 Å². The van der Waals surface area contributed by atoms with E-state index >= 15 is 0 Å². The molecule has 53 valence electrons. The Bertz CT molecular complexity index is 193. The molecule has 0 atom stereocenters. The van der Waals surface area contributed by atoms with Crippen LogP contribution in [-0.4, -0.2) is 6.54 Å². The standard InChI is InChI=1S/C8H9FN/c9-8-3-1-7(2-4-8)5-6-10/h1-5H,6,10H2. The Balaban J connectivity index is 2.69. The number of halogens is 1. The van der Waals surface area contributed by atoms with Gasteiger partial charge in [0, 0.05) is 6.42 Å². The molecular formula is C8H9FN. The highest BCUT2D eigenvalue weighted by molar-refractivity contribution is 5.23. The van der Waals surface area contributed by atoms with Gasteiger partial charge in [0.1, 0.15) is 5.82 Å². The van der Waals surface area contributed by atoms with E-state index in [0.29, 0.717) is 6.54 Å². The van der Waals surface area contributed by atoms with Gasteiger partial charge in [-0.3, -0.25) is 0 Å². The molecule has 0 unspecified atom stereocenters. The number of benzene rings is 1. The van der Waals surface area contributed by atoms with E-state index in [1.807, 2.05) is 6.42 Å². The quantitative estimate of drug-likeness (QED) is 0.655. The summed E-state index contributed by atoms with van der Waals surface area (Å²) in [5, 5.41) is 0. The van der Waals surface area contributed by atoms with Crippen molar-refractivity contribution < 1.29 is 4.39 Å². The minimum Gasteiger partial charge on any atom is -0.330 e. The van der Waals surface area contributed by atoms with Gasteiger partial charge in [-0.2, -0.15) is 0 Å². The van der Waals surface area contributed by atoms with Crippen LogP contribution >= 0.6 is 0 Å². The van der Waals surface area contributed by atoms with E-state index in [-0.39, 0.29) is 5.82 Å². The molecule has 0 amide bonds. The van der Waals surface area contributed by atoms with Crippen LogP contribution in [0.4, 0.5) is 4.39 Å². The Kier molecular flexibility index (Phi) is 2.40. The van der Waals surface area contributed by atoms with Gasteiger partial charge < -0.3 is 5.73 Å². The first kappa shape index (κ1) is 7.22. The lowest BCUT2D eigenvalue weighted by atomic mass is 10.1. The number of hydrogen-bond acceptors (Lipinski definition) is 1. The SMILES string of the molecule is NC[CH]c1ccc(F)cc1. The van der Waals surface area contributed by atoms with Crippen molar-refractivity contribution in [2.45, 2.75) is 0 Å². The average molecular weight is 138 g/mol. The molecule has 0 spiro atoms. The average Bonchev–Trinajstić information content (AvgIpc) is 1.95. The fourth-order valence-electron chi connectivity index (χ4n) is 0.735. The van der Waals surface area contributed by atoms with Crippen molar-refractivity contribution in [2.75, 3.05) is 6.54 Å². The molecule has 1 radical (unpaired) electrons. The van der Waals surface area contributed by atoms with Crippen LogP contribution in [0.2, 0.25) is 0 Å².